The molecule has 2 N–H and O–H groups in total. The minimum absolute atomic E-state index is 0.253. The number of amides is 2. The van der Waals surface area contributed by atoms with E-state index in [1.165, 1.54) is 14.2 Å². The molecular formula is C13H20N2O3S. The average molecular weight is 284 g/mol. The Balaban J connectivity index is 2.60. The number of urea groups is 1. The van der Waals surface area contributed by atoms with Crippen LogP contribution in [-0.2, 0) is 9.47 Å². The molecule has 1 aromatic carbocycles. The summed E-state index contributed by atoms with van der Waals surface area (Å²) in [5, 5.41) is 5.59. The lowest BCUT2D eigenvalue weighted by Crippen LogP contribution is -2.44. The highest BCUT2D eigenvalue weighted by Crippen LogP contribution is 2.24. The summed E-state index contributed by atoms with van der Waals surface area (Å²) in [5.41, 5.74) is 0.783. The van der Waals surface area contributed by atoms with Gasteiger partial charge in [-0.05, 0) is 25.3 Å². The van der Waals surface area contributed by atoms with Crippen LogP contribution in [0.3, 0.4) is 0 Å². The predicted molar refractivity (Wildman–Crippen MR) is 77.6 cm³/mol. The zero-order valence-corrected chi connectivity index (χ0v) is 12.4. The highest BCUT2D eigenvalue weighted by molar-refractivity contribution is 7.98. The fourth-order valence-corrected chi connectivity index (χ4v) is 2.24. The number of carbonyl (C=O) groups excluding carboxylic acids is 1. The molecule has 1 aromatic rings. The molecule has 0 heterocycles. The highest BCUT2D eigenvalue weighted by Gasteiger charge is 2.18. The van der Waals surface area contributed by atoms with Crippen LogP contribution in [-0.4, -0.2) is 38.8 Å². The van der Waals surface area contributed by atoms with Crippen LogP contribution in [0.25, 0.3) is 0 Å². The van der Waals surface area contributed by atoms with Gasteiger partial charge in [-0.1, -0.05) is 12.1 Å². The van der Waals surface area contributed by atoms with Crippen molar-refractivity contribution in [3.63, 3.8) is 0 Å². The Morgan fingerprint density at radius 3 is 2.47 bits per heavy atom. The maximum atomic E-state index is 11.9. The molecule has 0 saturated carbocycles. The van der Waals surface area contributed by atoms with Crippen LogP contribution in [0.1, 0.15) is 6.92 Å². The third-order valence-electron chi connectivity index (χ3n) is 2.59. The number of benzene rings is 1. The monoisotopic (exact) mass is 284 g/mol. The second-order valence-electron chi connectivity index (χ2n) is 3.93. The number of hydrogen-bond donors (Lipinski definition) is 2. The Kier molecular flexibility index (Phi) is 6.69. The second-order valence-corrected chi connectivity index (χ2v) is 4.78. The summed E-state index contributed by atoms with van der Waals surface area (Å²) in [7, 11) is 3.07. The molecule has 106 valence electrons. The van der Waals surface area contributed by atoms with Gasteiger partial charge in [0.25, 0.3) is 0 Å². The van der Waals surface area contributed by atoms with Crippen molar-refractivity contribution in [3.8, 4) is 0 Å². The lowest BCUT2D eigenvalue weighted by Gasteiger charge is -2.22. The van der Waals surface area contributed by atoms with Crippen molar-refractivity contribution < 1.29 is 14.3 Å². The van der Waals surface area contributed by atoms with Gasteiger partial charge in [0.1, 0.15) is 0 Å². The van der Waals surface area contributed by atoms with Gasteiger partial charge >= 0.3 is 6.03 Å². The van der Waals surface area contributed by atoms with E-state index in [1.54, 1.807) is 11.8 Å². The third-order valence-corrected chi connectivity index (χ3v) is 3.38. The van der Waals surface area contributed by atoms with Crippen molar-refractivity contribution in [1.82, 2.24) is 5.32 Å². The van der Waals surface area contributed by atoms with E-state index < -0.39 is 6.29 Å². The van der Waals surface area contributed by atoms with Crippen molar-refractivity contribution in [3.05, 3.63) is 24.3 Å². The van der Waals surface area contributed by atoms with Gasteiger partial charge in [-0.3, -0.25) is 0 Å². The topological polar surface area (TPSA) is 59.6 Å². The molecular weight excluding hydrogens is 264 g/mol. The molecule has 5 nitrogen and oxygen atoms in total. The number of carbonyl (C=O) groups is 1. The van der Waals surface area contributed by atoms with E-state index in [9.17, 15) is 4.79 Å². The van der Waals surface area contributed by atoms with Crippen LogP contribution in [0.15, 0.2) is 29.2 Å². The number of ether oxygens (including phenoxy) is 2. The first-order valence-electron chi connectivity index (χ1n) is 5.88. The maximum absolute atomic E-state index is 11.9. The van der Waals surface area contributed by atoms with E-state index in [0.717, 1.165) is 10.6 Å². The van der Waals surface area contributed by atoms with Gasteiger partial charge in [-0.2, -0.15) is 0 Å². The van der Waals surface area contributed by atoms with E-state index >= 15 is 0 Å². The Morgan fingerprint density at radius 2 is 1.89 bits per heavy atom. The summed E-state index contributed by atoms with van der Waals surface area (Å²) >= 11 is 1.58. The molecule has 0 aromatic heterocycles. The normalized spacial score (nSPS) is 12.3. The first-order chi connectivity index (χ1) is 9.12. The van der Waals surface area contributed by atoms with Gasteiger partial charge in [0.2, 0.25) is 0 Å². The molecule has 0 aliphatic heterocycles. The van der Waals surface area contributed by atoms with E-state index in [-0.39, 0.29) is 12.1 Å². The SMILES string of the molecule is COC(OC)C(C)NC(=O)Nc1ccccc1SC. The summed E-state index contributed by atoms with van der Waals surface area (Å²) in [6, 6.07) is 7.09. The van der Waals surface area contributed by atoms with Gasteiger partial charge in [-0.15, -0.1) is 11.8 Å². The summed E-state index contributed by atoms with van der Waals surface area (Å²) in [5.74, 6) is 0. The number of anilines is 1. The summed E-state index contributed by atoms with van der Waals surface area (Å²) in [4.78, 5) is 12.9. The van der Waals surface area contributed by atoms with Crippen molar-refractivity contribution in [2.45, 2.75) is 24.2 Å². The standard InChI is InChI=1S/C13H20N2O3S/c1-9(12(17-2)18-3)14-13(16)15-10-7-5-6-8-11(10)19-4/h5-9,12H,1-4H3,(H2,14,15,16). The Labute approximate surface area is 118 Å². The van der Waals surface area contributed by atoms with Gasteiger partial charge in [0.05, 0.1) is 11.7 Å². The van der Waals surface area contributed by atoms with Crippen LogP contribution in [0.2, 0.25) is 0 Å². The van der Waals surface area contributed by atoms with Crippen LogP contribution in [0.5, 0.6) is 0 Å². The summed E-state index contributed by atoms with van der Waals surface area (Å²) in [6.07, 6.45) is 1.49. The quantitative estimate of drug-likeness (QED) is 0.622. The zero-order chi connectivity index (χ0) is 14.3. The first-order valence-corrected chi connectivity index (χ1v) is 7.11. The molecule has 6 heteroatoms. The molecule has 1 unspecified atom stereocenters. The van der Waals surface area contributed by atoms with Gasteiger partial charge in [0, 0.05) is 19.1 Å². The van der Waals surface area contributed by atoms with Crippen molar-refractivity contribution in [1.29, 1.82) is 0 Å². The van der Waals surface area contributed by atoms with Gasteiger partial charge in [-0.25, -0.2) is 4.79 Å². The molecule has 0 spiro atoms. The third kappa shape index (κ3) is 4.74. The molecule has 0 saturated heterocycles. The second kappa shape index (κ2) is 8.04. The number of thioether (sulfide) groups is 1. The molecule has 1 rings (SSSR count). The molecule has 0 aliphatic rings. The van der Waals surface area contributed by atoms with Crippen LogP contribution < -0.4 is 10.6 Å². The Hall–Kier alpha value is -1.24. The number of para-hydroxylation sites is 1. The first kappa shape index (κ1) is 15.8. The molecule has 19 heavy (non-hydrogen) atoms. The fraction of sp³-hybridized carbons (Fsp3) is 0.462. The van der Waals surface area contributed by atoms with Crippen molar-refractivity contribution in [2.75, 3.05) is 25.8 Å². The van der Waals surface area contributed by atoms with E-state index in [1.807, 2.05) is 37.4 Å². The molecule has 1 atom stereocenters. The van der Waals surface area contributed by atoms with Gasteiger partial charge in [0.15, 0.2) is 6.29 Å². The summed E-state index contributed by atoms with van der Waals surface area (Å²) in [6.45, 7) is 1.82. The highest BCUT2D eigenvalue weighted by atomic mass is 32.2. The van der Waals surface area contributed by atoms with Crippen molar-refractivity contribution in [2.24, 2.45) is 0 Å². The molecule has 0 radical (unpaired) electrons. The van der Waals surface area contributed by atoms with Crippen LogP contribution in [0.4, 0.5) is 10.5 Å². The van der Waals surface area contributed by atoms with E-state index in [4.69, 9.17) is 9.47 Å². The van der Waals surface area contributed by atoms with Crippen molar-refractivity contribution >= 4 is 23.5 Å². The number of rotatable bonds is 6. The van der Waals surface area contributed by atoms with Crippen LogP contribution in [0, 0.1) is 0 Å². The minimum Gasteiger partial charge on any atom is -0.354 e. The minimum atomic E-state index is -0.471. The lowest BCUT2D eigenvalue weighted by atomic mass is 10.3. The summed E-state index contributed by atoms with van der Waals surface area (Å²) < 4.78 is 10.2. The van der Waals surface area contributed by atoms with Gasteiger partial charge < -0.3 is 20.1 Å². The lowest BCUT2D eigenvalue weighted by molar-refractivity contribution is -0.117. The Bertz CT molecular complexity index is 411. The Morgan fingerprint density at radius 1 is 1.26 bits per heavy atom. The number of nitrogens with one attached hydrogen (secondary N) is 2. The number of methoxy groups -OCH3 is 2. The average Bonchev–Trinajstić information content (AvgIpc) is 2.40. The zero-order valence-electron chi connectivity index (χ0n) is 11.6. The fourth-order valence-electron chi connectivity index (χ4n) is 1.69. The smallest absolute Gasteiger partial charge is 0.319 e. The van der Waals surface area contributed by atoms with Crippen LogP contribution >= 0.6 is 11.8 Å². The molecule has 0 bridgehead atoms. The molecule has 2 amide bonds. The molecule has 0 fully saturated rings. The largest absolute Gasteiger partial charge is 0.354 e. The molecule has 0 aliphatic carbocycles. The maximum Gasteiger partial charge on any atom is 0.319 e. The van der Waals surface area contributed by atoms with E-state index in [0.29, 0.717) is 0 Å². The predicted octanol–water partition coefficient (Wildman–Crippen LogP) is 2.54. The van der Waals surface area contributed by atoms with E-state index in [2.05, 4.69) is 10.6 Å². The number of hydrogen-bond acceptors (Lipinski definition) is 4.